The fourth-order valence-corrected chi connectivity index (χ4v) is 9.76. The number of allylic oxidation sites excluding steroid dienone is 14. The van der Waals surface area contributed by atoms with E-state index in [0.29, 0.717) is 19.3 Å². The summed E-state index contributed by atoms with van der Waals surface area (Å²) in [6.45, 7) is 6.53. The molecule has 1 atom stereocenters. The first-order chi connectivity index (χ1) is 39.0. The van der Waals surface area contributed by atoms with Crippen LogP contribution in [0.3, 0.4) is 0 Å². The molecule has 0 aromatic rings. The molecule has 0 aliphatic heterocycles. The van der Waals surface area contributed by atoms with E-state index in [1.165, 1.54) is 199 Å². The highest BCUT2D eigenvalue weighted by Gasteiger charge is 2.19. The number of carbonyl (C=O) groups is 3. The van der Waals surface area contributed by atoms with Crippen molar-refractivity contribution in [2.24, 2.45) is 0 Å². The maximum Gasteiger partial charge on any atom is 0.306 e. The molecule has 0 bridgehead atoms. The van der Waals surface area contributed by atoms with Crippen LogP contribution in [0.25, 0.3) is 0 Å². The second-order valence-corrected chi connectivity index (χ2v) is 22.7. The lowest BCUT2D eigenvalue weighted by molar-refractivity contribution is -0.167. The predicted molar refractivity (Wildman–Crippen MR) is 344 cm³/mol. The molecule has 0 spiro atoms. The van der Waals surface area contributed by atoms with Gasteiger partial charge in [-0.3, -0.25) is 14.4 Å². The highest BCUT2D eigenvalue weighted by atomic mass is 16.6. The van der Waals surface area contributed by atoms with Crippen LogP contribution in [0, 0.1) is 0 Å². The number of unbranched alkanes of at least 4 members (excludes halogenated alkanes) is 37. The van der Waals surface area contributed by atoms with Crippen LogP contribution < -0.4 is 0 Å². The van der Waals surface area contributed by atoms with Crippen LogP contribution >= 0.6 is 0 Å². The minimum absolute atomic E-state index is 0.0809. The van der Waals surface area contributed by atoms with Crippen LogP contribution in [-0.2, 0) is 28.6 Å². The van der Waals surface area contributed by atoms with E-state index < -0.39 is 6.10 Å². The number of esters is 3. The van der Waals surface area contributed by atoms with Crippen LogP contribution in [-0.4, -0.2) is 37.2 Å². The predicted octanol–water partition coefficient (Wildman–Crippen LogP) is 23.4. The number of hydrogen-bond donors (Lipinski definition) is 0. The largest absolute Gasteiger partial charge is 0.462 e. The van der Waals surface area contributed by atoms with Crippen LogP contribution in [0.1, 0.15) is 342 Å². The van der Waals surface area contributed by atoms with Gasteiger partial charge in [0, 0.05) is 19.3 Å². The van der Waals surface area contributed by atoms with Gasteiger partial charge in [-0.2, -0.15) is 0 Å². The third-order valence-corrected chi connectivity index (χ3v) is 14.9. The molecule has 0 aliphatic rings. The maximum absolute atomic E-state index is 12.9. The van der Waals surface area contributed by atoms with Crippen molar-refractivity contribution in [3.8, 4) is 0 Å². The van der Waals surface area contributed by atoms with Crippen molar-refractivity contribution in [3.63, 3.8) is 0 Å². The van der Waals surface area contributed by atoms with E-state index in [9.17, 15) is 14.4 Å². The number of ether oxygens (including phenoxy) is 3. The Morgan fingerprint density at radius 3 is 0.810 bits per heavy atom. The van der Waals surface area contributed by atoms with E-state index in [1.807, 2.05) is 0 Å². The SMILES string of the molecule is CC/C=C\C/C=C\C/C=C\C/C=C\CCCCCCCCCCCCCCC(=O)OCC(COC(=O)CCCCCCC/C=C\C/C=C\CCCCC)OC(=O)CCCCCCCCCCC/C=C\CCCCCCCCCC. The van der Waals surface area contributed by atoms with Gasteiger partial charge in [-0.25, -0.2) is 0 Å². The summed E-state index contributed by atoms with van der Waals surface area (Å²) >= 11 is 0. The molecule has 0 aliphatic carbocycles. The zero-order valence-electron chi connectivity index (χ0n) is 52.4. The fraction of sp³-hybridized carbons (Fsp3) is 0.767. The number of carbonyl (C=O) groups excluding carboxylic acids is 3. The van der Waals surface area contributed by atoms with Crippen molar-refractivity contribution < 1.29 is 28.6 Å². The fourth-order valence-electron chi connectivity index (χ4n) is 9.76. The molecule has 0 amide bonds. The highest BCUT2D eigenvalue weighted by Crippen LogP contribution is 2.17. The van der Waals surface area contributed by atoms with Gasteiger partial charge in [0.05, 0.1) is 0 Å². The molecule has 0 N–H and O–H groups in total. The van der Waals surface area contributed by atoms with Crippen molar-refractivity contribution in [2.45, 2.75) is 348 Å². The summed E-state index contributed by atoms with van der Waals surface area (Å²) in [5.41, 5.74) is 0. The normalized spacial score (nSPS) is 12.6. The van der Waals surface area contributed by atoms with Crippen molar-refractivity contribution in [1.29, 1.82) is 0 Å². The third kappa shape index (κ3) is 65.3. The molecule has 6 heteroatoms. The van der Waals surface area contributed by atoms with Gasteiger partial charge in [-0.1, -0.05) is 292 Å². The minimum atomic E-state index is -0.786. The average molecular weight is 1100 g/mol. The van der Waals surface area contributed by atoms with Gasteiger partial charge in [0.1, 0.15) is 13.2 Å². The molecular weight excluding hydrogens is 973 g/mol. The second kappa shape index (κ2) is 67.1. The number of hydrogen-bond acceptors (Lipinski definition) is 6. The maximum atomic E-state index is 12.9. The van der Waals surface area contributed by atoms with Crippen LogP contribution in [0.5, 0.6) is 0 Å². The lowest BCUT2D eigenvalue weighted by Crippen LogP contribution is -2.30. The molecule has 79 heavy (non-hydrogen) atoms. The monoisotopic (exact) mass is 1100 g/mol. The lowest BCUT2D eigenvalue weighted by atomic mass is 10.0. The first kappa shape index (κ1) is 75.6. The average Bonchev–Trinajstić information content (AvgIpc) is 3.45. The Kier molecular flexibility index (Phi) is 64.2. The van der Waals surface area contributed by atoms with Crippen LogP contribution in [0.2, 0.25) is 0 Å². The van der Waals surface area contributed by atoms with Crippen LogP contribution in [0.4, 0.5) is 0 Å². The Morgan fingerprint density at radius 1 is 0.266 bits per heavy atom. The molecular formula is C73H128O6. The molecule has 0 saturated heterocycles. The van der Waals surface area contributed by atoms with Crippen LogP contribution in [0.15, 0.2) is 85.1 Å². The summed E-state index contributed by atoms with van der Waals surface area (Å²) in [7, 11) is 0. The minimum Gasteiger partial charge on any atom is -0.462 e. The Balaban J connectivity index is 4.33. The van der Waals surface area contributed by atoms with E-state index in [0.717, 1.165) is 103 Å². The topological polar surface area (TPSA) is 78.9 Å². The van der Waals surface area contributed by atoms with E-state index in [2.05, 4.69) is 106 Å². The summed E-state index contributed by atoms with van der Waals surface area (Å²) in [5.74, 6) is -0.883. The number of rotatable bonds is 62. The highest BCUT2D eigenvalue weighted by molar-refractivity contribution is 5.71. The molecule has 0 radical (unpaired) electrons. The van der Waals surface area contributed by atoms with Gasteiger partial charge in [-0.05, 0) is 116 Å². The zero-order chi connectivity index (χ0) is 57.1. The van der Waals surface area contributed by atoms with Crippen molar-refractivity contribution >= 4 is 17.9 Å². The Bertz CT molecular complexity index is 1500. The Labute approximate surface area is 490 Å². The summed E-state index contributed by atoms with van der Waals surface area (Å²) in [6, 6.07) is 0. The molecule has 6 nitrogen and oxygen atoms in total. The molecule has 0 saturated carbocycles. The summed E-state index contributed by atoms with van der Waals surface area (Å²) in [5, 5.41) is 0. The van der Waals surface area contributed by atoms with Gasteiger partial charge in [0.2, 0.25) is 0 Å². The van der Waals surface area contributed by atoms with E-state index in [1.54, 1.807) is 0 Å². The molecule has 0 aromatic carbocycles. The smallest absolute Gasteiger partial charge is 0.306 e. The second-order valence-electron chi connectivity index (χ2n) is 22.7. The molecule has 456 valence electrons. The first-order valence-electron chi connectivity index (χ1n) is 34.1. The van der Waals surface area contributed by atoms with Gasteiger partial charge in [0.15, 0.2) is 6.10 Å². The van der Waals surface area contributed by atoms with Gasteiger partial charge in [-0.15, -0.1) is 0 Å². The molecule has 0 heterocycles. The van der Waals surface area contributed by atoms with Crippen molar-refractivity contribution in [1.82, 2.24) is 0 Å². The molecule has 0 rings (SSSR count). The lowest BCUT2D eigenvalue weighted by Gasteiger charge is -2.18. The van der Waals surface area contributed by atoms with E-state index in [-0.39, 0.29) is 31.1 Å². The van der Waals surface area contributed by atoms with Gasteiger partial charge >= 0.3 is 17.9 Å². The van der Waals surface area contributed by atoms with E-state index in [4.69, 9.17) is 14.2 Å². The molecule has 1 unspecified atom stereocenters. The third-order valence-electron chi connectivity index (χ3n) is 14.9. The van der Waals surface area contributed by atoms with Crippen molar-refractivity contribution in [2.75, 3.05) is 13.2 Å². The summed E-state index contributed by atoms with van der Waals surface area (Å²) in [6.07, 6.45) is 88.8. The Morgan fingerprint density at radius 2 is 0.494 bits per heavy atom. The van der Waals surface area contributed by atoms with E-state index >= 15 is 0 Å². The van der Waals surface area contributed by atoms with Crippen molar-refractivity contribution in [3.05, 3.63) is 85.1 Å². The zero-order valence-corrected chi connectivity index (χ0v) is 52.4. The molecule has 0 aromatic heterocycles. The quantitative estimate of drug-likeness (QED) is 0.0261. The summed E-state index contributed by atoms with van der Waals surface area (Å²) in [4.78, 5) is 38.4. The summed E-state index contributed by atoms with van der Waals surface area (Å²) < 4.78 is 17.0. The Hall–Kier alpha value is -3.41. The van der Waals surface area contributed by atoms with Gasteiger partial charge in [0.25, 0.3) is 0 Å². The first-order valence-corrected chi connectivity index (χ1v) is 34.1. The molecule has 0 fully saturated rings. The van der Waals surface area contributed by atoms with Gasteiger partial charge < -0.3 is 14.2 Å². The standard InChI is InChI=1S/C73H128O6/c1-4-7-10-13-16-19-22-25-28-30-32-34-35-36-37-39-40-42-45-48-51-54-57-60-63-66-72(75)78-69-70(68-77-71(74)65-62-59-56-53-50-47-44-27-24-21-18-15-12-9-6-3)79-73(76)67-64-61-58-55-52-49-46-43-41-38-33-31-29-26-23-20-17-14-11-8-5-2/h7,10,16,18-19,21,25,27-28,31-34,44,70H,4-6,8-9,11-15,17,20,22-24,26,29-30,35-43,45-69H2,1-3H3/b10-7-,19-16-,21-18-,28-25-,33-31-,34-32-,44-27-.